The fourth-order valence-corrected chi connectivity index (χ4v) is 4.89. The maximum absolute atomic E-state index is 12.3. The first-order valence-electron chi connectivity index (χ1n) is 7.98. The van der Waals surface area contributed by atoms with Gasteiger partial charge in [-0.1, -0.05) is 48.0 Å². The molecule has 0 saturated carbocycles. The van der Waals surface area contributed by atoms with Crippen LogP contribution in [0.3, 0.4) is 0 Å². The van der Waals surface area contributed by atoms with E-state index in [2.05, 4.69) is 27.9 Å². The largest absolute Gasteiger partial charge is 0.391 e. The van der Waals surface area contributed by atoms with Gasteiger partial charge >= 0.3 is 0 Å². The van der Waals surface area contributed by atoms with Gasteiger partial charge in [-0.2, -0.15) is 0 Å². The topological polar surface area (TPSA) is 69.6 Å². The molecular formula is C18H22ClINO3P. The van der Waals surface area contributed by atoms with Gasteiger partial charge in [-0.05, 0) is 52.8 Å². The number of aliphatic hydroxyl groups is 1. The van der Waals surface area contributed by atoms with Crippen molar-refractivity contribution in [3.8, 4) is 0 Å². The van der Waals surface area contributed by atoms with Crippen molar-refractivity contribution in [3.63, 3.8) is 0 Å². The quantitative estimate of drug-likeness (QED) is 0.376. The van der Waals surface area contributed by atoms with Gasteiger partial charge in [0, 0.05) is 22.3 Å². The minimum atomic E-state index is -3.43. The fraction of sp³-hybridized carbons (Fsp3) is 0.333. The van der Waals surface area contributed by atoms with E-state index in [0.717, 1.165) is 14.7 Å². The van der Waals surface area contributed by atoms with Crippen LogP contribution < -0.4 is 5.32 Å². The molecule has 2 rings (SSSR count). The van der Waals surface area contributed by atoms with Gasteiger partial charge in [-0.3, -0.25) is 4.57 Å². The number of aliphatic hydroxyl groups excluding tert-OH is 1. The lowest BCUT2D eigenvalue weighted by Crippen LogP contribution is -2.31. The second kappa shape index (κ2) is 9.49. The van der Waals surface area contributed by atoms with Gasteiger partial charge in [0.2, 0.25) is 7.37 Å². The predicted molar refractivity (Wildman–Crippen MR) is 111 cm³/mol. The molecule has 2 aromatic rings. The lowest BCUT2D eigenvalue weighted by molar-refractivity contribution is 0.186. The molecule has 0 aliphatic rings. The van der Waals surface area contributed by atoms with Gasteiger partial charge in [0.1, 0.15) is 0 Å². The first-order chi connectivity index (χ1) is 11.8. The second-order valence-electron chi connectivity index (χ2n) is 6.13. The van der Waals surface area contributed by atoms with Crippen LogP contribution in [0.25, 0.3) is 0 Å². The summed E-state index contributed by atoms with van der Waals surface area (Å²) in [5.74, 6) is 0. The molecule has 3 atom stereocenters. The maximum Gasteiger partial charge on any atom is 0.207 e. The molecule has 0 fully saturated rings. The van der Waals surface area contributed by atoms with E-state index in [-0.39, 0.29) is 24.9 Å². The summed E-state index contributed by atoms with van der Waals surface area (Å²) < 4.78 is 13.3. The van der Waals surface area contributed by atoms with Gasteiger partial charge in [0.25, 0.3) is 0 Å². The summed E-state index contributed by atoms with van der Waals surface area (Å²) in [6.07, 6.45) is -0.927. The highest BCUT2D eigenvalue weighted by Crippen LogP contribution is 2.44. The van der Waals surface area contributed by atoms with Crippen molar-refractivity contribution in [3.05, 3.63) is 68.3 Å². The molecule has 0 saturated heterocycles. The van der Waals surface area contributed by atoms with Crippen molar-refractivity contribution in [2.45, 2.75) is 25.2 Å². The molecule has 7 heteroatoms. The van der Waals surface area contributed by atoms with Crippen LogP contribution in [0, 0.1) is 3.57 Å². The van der Waals surface area contributed by atoms with Crippen molar-refractivity contribution in [2.75, 3.05) is 12.7 Å². The zero-order valence-corrected chi connectivity index (χ0v) is 17.7. The standard InChI is InChI=1S/C18H22ClINO3P/c1-13(15-7-8-17(19)18(20)9-15)21-10-16(22)12-25(23,24)11-14-5-3-2-4-6-14/h2-9,13,16,21-22H,10-12H2,1H3,(H,23,24)/t13?,16-/m0/s1. The number of halogens is 2. The van der Waals surface area contributed by atoms with E-state index in [4.69, 9.17) is 11.6 Å². The second-order valence-corrected chi connectivity index (χ2v) is 10.1. The van der Waals surface area contributed by atoms with Crippen molar-refractivity contribution in [1.29, 1.82) is 0 Å². The molecule has 25 heavy (non-hydrogen) atoms. The van der Waals surface area contributed by atoms with E-state index in [1.807, 2.05) is 55.5 Å². The third-order valence-corrected chi connectivity index (χ3v) is 7.26. The Balaban J connectivity index is 1.85. The van der Waals surface area contributed by atoms with Crippen LogP contribution in [0.5, 0.6) is 0 Å². The van der Waals surface area contributed by atoms with Crippen LogP contribution in [-0.4, -0.2) is 28.8 Å². The molecule has 0 amide bonds. The maximum atomic E-state index is 12.3. The SMILES string of the molecule is CC(NC[C@H](O)CP(=O)(O)Cc1ccccc1)c1ccc(Cl)c(I)c1. The summed E-state index contributed by atoms with van der Waals surface area (Å²) in [5, 5.41) is 14.1. The molecule has 136 valence electrons. The predicted octanol–water partition coefficient (Wildman–Crippen LogP) is 4.43. The third kappa shape index (κ3) is 7.00. The fourth-order valence-electron chi connectivity index (χ4n) is 2.54. The number of hydrogen-bond acceptors (Lipinski definition) is 3. The highest BCUT2D eigenvalue weighted by molar-refractivity contribution is 14.1. The minimum Gasteiger partial charge on any atom is -0.391 e. The monoisotopic (exact) mass is 493 g/mol. The summed E-state index contributed by atoms with van der Waals surface area (Å²) in [7, 11) is -3.43. The van der Waals surface area contributed by atoms with E-state index in [9.17, 15) is 14.6 Å². The third-order valence-electron chi connectivity index (χ3n) is 3.87. The van der Waals surface area contributed by atoms with Crippen LogP contribution in [0.15, 0.2) is 48.5 Å². The Morgan fingerprint density at radius 2 is 1.92 bits per heavy atom. The Labute approximate surface area is 167 Å². The van der Waals surface area contributed by atoms with Crippen LogP contribution >= 0.6 is 41.6 Å². The summed E-state index contributed by atoms with van der Waals surface area (Å²) in [5.41, 5.74) is 1.86. The van der Waals surface area contributed by atoms with Crippen LogP contribution in [0.2, 0.25) is 5.02 Å². The summed E-state index contributed by atoms with van der Waals surface area (Å²) in [6.45, 7) is 2.23. The Hall–Kier alpha value is -0.430. The molecule has 3 N–H and O–H groups in total. The average Bonchev–Trinajstić information content (AvgIpc) is 2.55. The summed E-state index contributed by atoms with van der Waals surface area (Å²) in [6, 6.07) is 14.9. The smallest absolute Gasteiger partial charge is 0.207 e. The molecule has 4 nitrogen and oxygen atoms in total. The zero-order valence-electron chi connectivity index (χ0n) is 13.9. The highest BCUT2D eigenvalue weighted by atomic mass is 127. The minimum absolute atomic E-state index is 0.00707. The molecule has 0 bridgehead atoms. The molecule has 0 spiro atoms. The van der Waals surface area contributed by atoms with Gasteiger partial charge in [-0.15, -0.1) is 0 Å². The molecule has 0 aromatic heterocycles. The van der Waals surface area contributed by atoms with Crippen LogP contribution in [0.1, 0.15) is 24.1 Å². The van der Waals surface area contributed by atoms with Crippen LogP contribution in [-0.2, 0) is 10.7 Å². The molecule has 2 aromatic carbocycles. The first-order valence-corrected chi connectivity index (χ1v) is 11.5. The Bertz CT molecular complexity index is 744. The van der Waals surface area contributed by atoms with Crippen molar-refractivity contribution in [2.24, 2.45) is 0 Å². The van der Waals surface area contributed by atoms with Gasteiger partial charge in [-0.25, -0.2) is 0 Å². The molecule has 0 aliphatic carbocycles. The number of rotatable bonds is 8. The van der Waals surface area contributed by atoms with Crippen molar-refractivity contribution >= 4 is 41.6 Å². The summed E-state index contributed by atoms with van der Waals surface area (Å²) >= 11 is 8.20. The van der Waals surface area contributed by atoms with Crippen LogP contribution in [0.4, 0.5) is 0 Å². The highest BCUT2D eigenvalue weighted by Gasteiger charge is 2.23. The van der Waals surface area contributed by atoms with Gasteiger partial charge in [0.15, 0.2) is 0 Å². The Kier molecular flexibility index (Phi) is 7.92. The van der Waals surface area contributed by atoms with Crippen molar-refractivity contribution in [1.82, 2.24) is 5.32 Å². The van der Waals surface area contributed by atoms with Gasteiger partial charge in [0.05, 0.1) is 17.3 Å². The van der Waals surface area contributed by atoms with E-state index >= 15 is 0 Å². The Morgan fingerprint density at radius 3 is 2.56 bits per heavy atom. The lowest BCUT2D eigenvalue weighted by atomic mass is 10.1. The molecule has 0 radical (unpaired) electrons. The zero-order chi connectivity index (χ0) is 18.4. The van der Waals surface area contributed by atoms with Crippen molar-refractivity contribution < 1.29 is 14.6 Å². The summed E-state index contributed by atoms with van der Waals surface area (Å²) in [4.78, 5) is 10.1. The normalized spacial score (nSPS) is 16.2. The molecule has 0 heterocycles. The molecular weight excluding hydrogens is 472 g/mol. The Morgan fingerprint density at radius 1 is 1.24 bits per heavy atom. The van der Waals surface area contributed by atoms with E-state index in [1.165, 1.54) is 0 Å². The van der Waals surface area contributed by atoms with Gasteiger partial charge < -0.3 is 15.3 Å². The number of hydrogen-bond donors (Lipinski definition) is 3. The number of benzene rings is 2. The molecule has 2 unspecified atom stereocenters. The molecule has 0 aliphatic heterocycles. The average molecular weight is 494 g/mol. The van der Waals surface area contributed by atoms with E-state index in [0.29, 0.717) is 5.02 Å². The van der Waals surface area contributed by atoms with E-state index < -0.39 is 13.5 Å². The lowest BCUT2D eigenvalue weighted by Gasteiger charge is -2.20. The first kappa shape index (κ1) is 20.9. The van der Waals surface area contributed by atoms with E-state index in [1.54, 1.807) is 0 Å². The number of nitrogens with one attached hydrogen (secondary N) is 1.